The van der Waals surface area contributed by atoms with E-state index in [2.05, 4.69) is 34.2 Å². The van der Waals surface area contributed by atoms with Crippen molar-refractivity contribution in [3.63, 3.8) is 0 Å². The molecular formula is C21H18BrClN2O3. The zero-order chi connectivity index (χ0) is 20.1. The maximum absolute atomic E-state index is 10.7. The number of halogens is 2. The highest BCUT2D eigenvalue weighted by molar-refractivity contribution is 9.10. The third-order valence-electron chi connectivity index (χ3n) is 4.21. The van der Waals surface area contributed by atoms with Gasteiger partial charge in [-0.1, -0.05) is 33.6 Å². The van der Waals surface area contributed by atoms with Gasteiger partial charge in [0.2, 0.25) is 0 Å². The van der Waals surface area contributed by atoms with Gasteiger partial charge >= 0.3 is 0 Å². The second-order valence-electron chi connectivity index (χ2n) is 6.29. The van der Waals surface area contributed by atoms with Gasteiger partial charge in [-0.3, -0.25) is 10.1 Å². The summed E-state index contributed by atoms with van der Waals surface area (Å²) in [7, 11) is 0. The average molecular weight is 462 g/mol. The summed E-state index contributed by atoms with van der Waals surface area (Å²) in [5, 5.41) is 14.6. The molecule has 144 valence electrons. The summed E-state index contributed by atoms with van der Waals surface area (Å²) in [6.45, 7) is 2.98. The largest absolute Gasteiger partial charge is 0.487 e. The van der Waals surface area contributed by atoms with Gasteiger partial charge in [0.25, 0.3) is 5.69 Å². The van der Waals surface area contributed by atoms with Gasteiger partial charge < -0.3 is 10.1 Å². The molecule has 7 heteroatoms. The van der Waals surface area contributed by atoms with Crippen LogP contribution in [0, 0.1) is 17.0 Å². The molecule has 0 unspecified atom stereocenters. The monoisotopic (exact) mass is 460 g/mol. The van der Waals surface area contributed by atoms with Gasteiger partial charge in [-0.2, -0.15) is 0 Å². The van der Waals surface area contributed by atoms with Crippen molar-refractivity contribution < 1.29 is 9.66 Å². The molecule has 0 radical (unpaired) electrons. The van der Waals surface area contributed by atoms with Crippen LogP contribution in [0.25, 0.3) is 0 Å². The highest BCUT2D eigenvalue weighted by Crippen LogP contribution is 2.27. The van der Waals surface area contributed by atoms with E-state index in [1.54, 1.807) is 12.1 Å². The zero-order valence-corrected chi connectivity index (χ0v) is 17.5. The van der Waals surface area contributed by atoms with Crippen LogP contribution in [0.2, 0.25) is 5.02 Å². The van der Waals surface area contributed by atoms with Crippen molar-refractivity contribution in [1.29, 1.82) is 0 Å². The van der Waals surface area contributed by atoms with Gasteiger partial charge in [0.15, 0.2) is 0 Å². The Bertz CT molecular complexity index is 993. The Hall–Kier alpha value is -2.57. The number of hydrogen-bond donors (Lipinski definition) is 1. The number of aryl methyl sites for hydroxylation is 1. The first-order valence-corrected chi connectivity index (χ1v) is 9.74. The molecule has 0 spiro atoms. The average Bonchev–Trinajstić information content (AvgIpc) is 2.67. The summed E-state index contributed by atoms with van der Waals surface area (Å²) < 4.78 is 6.80. The first kappa shape index (κ1) is 20.2. The number of non-ortho nitro benzene ring substituents is 1. The van der Waals surface area contributed by atoms with E-state index >= 15 is 0 Å². The van der Waals surface area contributed by atoms with Crippen LogP contribution in [0.4, 0.5) is 11.4 Å². The van der Waals surface area contributed by atoms with E-state index in [1.807, 2.05) is 30.3 Å². The minimum absolute atomic E-state index is 0.0552. The minimum Gasteiger partial charge on any atom is -0.487 e. The maximum Gasteiger partial charge on any atom is 0.269 e. The lowest BCUT2D eigenvalue weighted by Gasteiger charge is -2.12. The lowest BCUT2D eigenvalue weighted by Crippen LogP contribution is -2.02. The summed E-state index contributed by atoms with van der Waals surface area (Å²) in [5.41, 5.74) is 4.15. The Morgan fingerprint density at radius 1 is 1.07 bits per heavy atom. The highest BCUT2D eigenvalue weighted by Gasteiger charge is 2.07. The summed E-state index contributed by atoms with van der Waals surface area (Å²) in [5.74, 6) is 0.573. The lowest BCUT2D eigenvalue weighted by molar-refractivity contribution is -0.384. The van der Waals surface area contributed by atoms with Crippen molar-refractivity contribution in [3.8, 4) is 5.75 Å². The Morgan fingerprint density at radius 2 is 1.79 bits per heavy atom. The number of hydrogen-bond acceptors (Lipinski definition) is 4. The number of anilines is 1. The number of ether oxygens (including phenoxy) is 1. The van der Waals surface area contributed by atoms with Crippen LogP contribution in [0.1, 0.15) is 16.7 Å². The molecule has 0 saturated carbocycles. The van der Waals surface area contributed by atoms with Crippen LogP contribution in [-0.2, 0) is 13.2 Å². The van der Waals surface area contributed by atoms with Crippen molar-refractivity contribution in [2.24, 2.45) is 0 Å². The summed E-state index contributed by atoms with van der Waals surface area (Å²) in [6.07, 6.45) is 0. The first-order chi connectivity index (χ1) is 13.4. The molecule has 0 fully saturated rings. The topological polar surface area (TPSA) is 64.4 Å². The fourth-order valence-corrected chi connectivity index (χ4v) is 3.40. The molecule has 0 aliphatic rings. The fraction of sp³-hybridized carbons (Fsp3) is 0.143. The molecule has 0 aliphatic carbocycles. The molecule has 0 bridgehead atoms. The fourth-order valence-electron chi connectivity index (χ4n) is 2.67. The smallest absolute Gasteiger partial charge is 0.269 e. The first-order valence-electron chi connectivity index (χ1n) is 8.57. The van der Waals surface area contributed by atoms with Crippen LogP contribution in [0.3, 0.4) is 0 Å². The third kappa shape index (κ3) is 5.24. The van der Waals surface area contributed by atoms with Crippen molar-refractivity contribution in [1.82, 2.24) is 0 Å². The van der Waals surface area contributed by atoms with Crippen molar-refractivity contribution in [2.45, 2.75) is 20.1 Å². The van der Waals surface area contributed by atoms with Gasteiger partial charge in [-0.15, -0.1) is 0 Å². The molecule has 3 rings (SSSR count). The molecule has 0 saturated heterocycles. The Balaban J connectivity index is 1.59. The molecule has 5 nitrogen and oxygen atoms in total. The standard InChI is InChI=1S/C21H18BrClN2O3/c1-14-10-17(22)5-8-20(14)24-12-16-4-9-21(19(23)11-16)28-13-15-2-6-18(7-3-15)25(26)27/h2-11,24H,12-13H2,1H3. The predicted molar refractivity (Wildman–Crippen MR) is 115 cm³/mol. The molecule has 28 heavy (non-hydrogen) atoms. The Morgan fingerprint density at radius 3 is 2.43 bits per heavy atom. The number of nitrogens with zero attached hydrogens (tertiary/aromatic N) is 1. The van der Waals surface area contributed by atoms with Gasteiger partial charge in [0.1, 0.15) is 12.4 Å². The lowest BCUT2D eigenvalue weighted by atomic mass is 10.1. The van der Waals surface area contributed by atoms with E-state index in [-0.39, 0.29) is 12.3 Å². The van der Waals surface area contributed by atoms with E-state index in [4.69, 9.17) is 16.3 Å². The van der Waals surface area contributed by atoms with Crippen molar-refractivity contribution >= 4 is 38.9 Å². The van der Waals surface area contributed by atoms with E-state index in [0.29, 0.717) is 17.3 Å². The van der Waals surface area contributed by atoms with Crippen LogP contribution in [-0.4, -0.2) is 4.92 Å². The maximum atomic E-state index is 10.7. The number of nitro groups is 1. The molecule has 0 atom stereocenters. The van der Waals surface area contributed by atoms with Gasteiger partial charge in [0, 0.05) is 28.8 Å². The zero-order valence-electron chi connectivity index (χ0n) is 15.1. The van der Waals surface area contributed by atoms with Crippen LogP contribution in [0.5, 0.6) is 5.75 Å². The Kier molecular flexibility index (Phi) is 6.54. The van der Waals surface area contributed by atoms with Crippen LogP contribution in [0.15, 0.2) is 65.1 Å². The number of benzene rings is 3. The second-order valence-corrected chi connectivity index (χ2v) is 7.61. The molecular weight excluding hydrogens is 444 g/mol. The normalized spacial score (nSPS) is 10.5. The molecule has 0 aromatic heterocycles. The van der Waals surface area contributed by atoms with Crippen LogP contribution < -0.4 is 10.1 Å². The Labute approximate surface area is 176 Å². The van der Waals surface area contributed by atoms with Crippen molar-refractivity contribution in [3.05, 3.63) is 97.0 Å². The number of nitrogens with one attached hydrogen (secondary N) is 1. The van der Waals surface area contributed by atoms with E-state index in [9.17, 15) is 10.1 Å². The molecule has 0 aliphatic heterocycles. The number of nitro benzene ring substituents is 1. The van der Waals surface area contributed by atoms with Gasteiger partial charge in [0.05, 0.1) is 9.95 Å². The van der Waals surface area contributed by atoms with Crippen molar-refractivity contribution in [2.75, 3.05) is 5.32 Å². The summed E-state index contributed by atoms with van der Waals surface area (Å²) >= 11 is 9.81. The predicted octanol–water partition coefficient (Wildman–Crippen LogP) is 6.51. The van der Waals surface area contributed by atoms with Gasteiger partial charge in [-0.25, -0.2) is 0 Å². The molecule has 1 N–H and O–H groups in total. The second kappa shape index (κ2) is 9.08. The SMILES string of the molecule is Cc1cc(Br)ccc1NCc1ccc(OCc2ccc([N+](=O)[O-])cc2)c(Cl)c1. The minimum atomic E-state index is -0.427. The quantitative estimate of drug-likeness (QED) is 0.322. The van der Waals surface area contributed by atoms with E-state index in [0.717, 1.165) is 26.9 Å². The van der Waals surface area contributed by atoms with Crippen LogP contribution >= 0.6 is 27.5 Å². The summed E-state index contributed by atoms with van der Waals surface area (Å²) in [6, 6.07) is 18.0. The molecule has 0 amide bonds. The molecule has 3 aromatic rings. The summed E-state index contributed by atoms with van der Waals surface area (Å²) in [4.78, 5) is 10.3. The van der Waals surface area contributed by atoms with E-state index < -0.39 is 4.92 Å². The van der Waals surface area contributed by atoms with E-state index in [1.165, 1.54) is 12.1 Å². The highest BCUT2D eigenvalue weighted by atomic mass is 79.9. The number of rotatable bonds is 7. The van der Waals surface area contributed by atoms with Gasteiger partial charge in [-0.05, 0) is 66.1 Å². The molecule has 3 aromatic carbocycles. The molecule has 0 heterocycles. The third-order valence-corrected chi connectivity index (χ3v) is 5.00.